The Bertz CT molecular complexity index is 1810. The van der Waals surface area contributed by atoms with Crippen molar-refractivity contribution in [2.24, 2.45) is 11.8 Å². The van der Waals surface area contributed by atoms with Crippen LogP contribution in [0.25, 0.3) is 0 Å². The van der Waals surface area contributed by atoms with Gasteiger partial charge in [0.25, 0.3) is 0 Å². The summed E-state index contributed by atoms with van der Waals surface area (Å²) in [4.78, 5) is 43.6. The quantitative estimate of drug-likeness (QED) is 0.235. The number of nitrogens with zero attached hydrogens (tertiary/aromatic N) is 3. The van der Waals surface area contributed by atoms with Crippen molar-refractivity contribution in [2.75, 3.05) is 26.2 Å². The molecule has 0 radical (unpaired) electrons. The molecule has 58 heavy (non-hydrogen) atoms. The fraction of sp³-hybridized carbons (Fsp3) is 0.553. The average molecular weight is 800 g/mol. The van der Waals surface area contributed by atoms with Crippen LogP contribution >= 0.6 is 0 Å². The van der Waals surface area contributed by atoms with Crippen LogP contribution in [-0.2, 0) is 20.8 Å². The van der Waals surface area contributed by atoms with Crippen molar-refractivity contribution >= 4 is 18.3 Å². The molecule has 11 heteroatoms. The van der Waals surface area contributed by atoms with Crippen LogP contribution < -0.4 is 4.74 Å². The van der Waals surface area contributed by atoms with Gasteiger partial charge in [-0.1, -0.05) is 68.4 Å². The molecule has 0 bridgehead atoms. The second-order valence-electron chi connectivity index (χ2n) is 18.2. The van der Waals surface area contributed by atoms with Gasteiger partial charge >= 0.3 is 18.3 Å². The first-order valence-corrected chi connectivity index (χ1v) is 20.9. The highest BCUT2D eigenvalue weighted by Gasteiger charge is 2.36. The molecule has 1 N–H and O–H groups in total. The maximum absolute atomic E-state index is 13.0. The molecule has 3 saturated heterocycles. The van der Waals surface area contributed by atoms with E-state index in [1.807, 2.05) is 113 Å². The van der Waals surface area contributed by atoms with Gasteiger partial charge in [-0.3, -0.25) is 0 Å². The zero-order chi connectivity index (χ0) is 42.0. The summed E-state index contributed by atoms with van der Waals surface area (Å²) in [6, 6.07) is 24.7. The number of rotatable bonds is 7. The lowest BCUT2D eigenvalue weighted by Crippen LogP contribution is -2.44. The number of phenols is 1. The Balaban J connectivity index is 0.000000258. The van der Waals surface area contributed by atoms with Crippen molar-refractivity contribution in [3.8, 4) is 11.5 Å². The van der Waals surface area contributed by atoms with Gasteiger partial charge in [0.1, 0.15) is 35.9 Å². The monoisotopic (exact) mass is 799 g/mol. The van der Waals surface area contributed by atoms with Gasteiger partial charge in [-0.15, -0.1) is 0 Å². The third-order valence-corrected chi connectivity index (χ3v) is 10.6. The first kappa shape index (κ1) is 44.2. The minimum Gasteiger partial charge on any atom is -0.508 e. The third kappa shape index (κ3) is 13.0. The first-order chi connectivity index (χ1) is 27.5. The van der Waals surface area contributed by atoms with E-state index in [0.717, 1.165) is 61.0 Å². The fourth-order valence-electron chi connectivity index (χ4n) is 7.83. The van der Waals surface area contributed by atoms with Gasteiger partial charge in [-0.05, 0) is 133 Å². The molecule has 0 aliphatic carbocycles. The van der Waals surface area contributed by atoms with Crippen LogP contribution in [0.15, 0.2) is 78.9 Å². The predicted octanol–water partition coefficient (Wildman–Crippen LogP) is 10.7. The van der Waals surface area contributed by atoms with Crippen molar-refractivity contribution in [2.45, 2.75) is 130 Å². The second-order valence-corrected chi connectivity index (χ2v) is 18.2. The number of phenolic OH excluding ortho intramolecular Hbond substituents is 1. The zero-order valence-electron chi connectivity index (χ0n) is 35.8. The molecule has 3 aliphatic rings. The number of hydrogen-bond donors (Lipinski definition) is 1. The molecule has 11 nitrogen and oxygen atoms in total. The summed E-state index contributed by atoms with van der Waals surface area (Å²) in [5.41, 5.74) is 1.94. The lowest BCUT2D eigenvalue weighted by atomic mass is 9.90. The summed E-state index contributed by atoms with van der Waals surface area (Å²) < 4.78 is 23.0. The standard InChI is InChI=1S/C30H40N2O5.C17H25NO3/c1-22-15-16-27(32(19-22)29(34)37-30(2,3)4)24-12-8-14-26(18-24)35-21-25-13-9-17-31(25)28(33)36-20-23-10-6-5-7-11-23;1-12-8-9-15(13-6-5-7-14(19)10-13)18(11-12)16(20)21-17(2,3)4/h5-8,10-12,14,18,22,25,27H,9,13,15-17,19-21H2,1-4H3;5-7,10,12,15,19H,8-9,11H2,1-4H3/t22-,25-,27+;12-,15+/m00/s1. The van der Waals surface area contributed by atoms with Gasteiger partial charge in [0.05, 0.1) is 18.1 Å². The van der Waals surface area contributed by atoms with E-state index in [-0.39, 0.29) is 48.8 Å². The number of likely N-dealkylation sites (tertiary alicyclic amines) is 3. The number of aromatic hydroxyl groups is 1. The number of ether oxygens (including phenoxy) is 4. The maximum Gasteiger partial charge on any atom is 0.410 e. The molecule has 316 valence electrons. The Morgan fingerprint density at radius 2 is 1.21 bits per heavy atom. The molecule has 3 aromatic rings. The van der Waals surface area contributed by atoms with Crippen LogP contribution in [0.5, 0.6) is 11.5 Å². The predicted molar refractivity (Wildman–Crippen MR) is 225 cm³/mol. The normalized spacial score (nSPS) is 22.3. The Hall–Kier alpha value is -4.93. The van der Waals surface area contributed by atoms with E-state index < -0.39 is 11.2 Å². The van der Waals surface area contributed by atoms with Gasteiger partial charge < -0.3 is 38.8 Å². The Kier molecular flexibility index (Phi) is 15.0. The summed E-state index contributed by atoms with van der Waals surface area (Å²) >= 11 is 0. The average Bonchev–Trinajstić information content (AvgIpc) is 3.64. The molecule has 6 rings (SSSR count). The van der Waals surface area contributed by atoms with E-state index in [1.54, 1.807) is 21.9 Å². The molecule has 0 saturated carbocycles. The SMILES string of the molecule is C[C@H]1CC[C@H](c2cccc(O)c2)N(C(=O)OC(C)(C)C)C1.C[C@H]1CC[C@H](c2cccc(OC[C@@H]3CCCN3C(=O)OCc3ccccc3)c2)N(C(=O)OC(C)(C)C)C1. The van der Waals surface area contributed by atoms with Crippen molar-refractivity contribution in [1.82, 2.24) is 14.7 Å². The molecular weight excluding hydrogens is 735 g/mol. The zero-order valence-corrected chi connectivity index (χ0v) is 35.8. The number of carbonyl (C=O) groups excluding carboxylic acids is 3. The minimum atomic E-state index is -0.539. The smallest absolute Gasteiger partial charge is 0.410 e. The Labute approximate surface area is 345 Å². The van der Waals surface area contributed by atoms with E-state index in [4.69, 9.17) is 18.9 Å². The lowest BCUT2D eigenvalue weighted by molar-refractivity contribution is 0.00274. The van der Waals surface area contributed by atoms with Crippen molar-refractivity contribution in [3.05, 3.63) is 95.6 Å². The fourth-order valence-corrected chi connectivity index (χ4v) is 7.83. The maximum atomic E-state index is 13.0. The van der Waals surface area contributed by atoms with E-state index in [9.17, 15) is 19.5 Å². The van der Waals surface area contributed by atoms with Crippen LogP contribution in [0.1, 0.15) is 123 Å². The summed E-state index contributed by atoms with van der Waals surface area (Å²) in [5, 5.41) is 9.67. The minimum absolute atomic E-state index is 0.0249. The number of carbonyl (C=O) groups is 3. The van der Waals surface area contributed by atoms with Crippen LogP contribution in [0.4, 0.5) is 14.4 Å². The van der Waals surface area contributed by atoms with E-state index in [1.165, 1.54) is 0 Å². The number of benzene rings is 3. The van der Waals surface area contributed by atoms with Crippen LogP contribution in [0.2, 0.25) is 0 Å². The van der Waals surface area contributed by atoms with E-state index in [2.05, 4.69) is 13.8 Å². The third-order valence-electron chi connectivity index (χ3n) is 10.6. The molecular formula is C47H65N3O8. The highest BCUT2D eigenvalue weighted by Crippen LogP contribution is 2.37. The highest BCUT2D eigenvalue weighted by molar-refractivity contribution is 5.70. The molecule has 0 aromatic heterocycles. The van der Waals surface area contributed by atoms with Crippen LogP contribution in [-0.4, -0.2) is 81.6 Å². The van der Waals surface area contributed by atoms with Crippen LogP contribution in [0.3, 0.4) is 0 Å². The van der Waals surface area contributed by atoms with Gasteiger partial charge in [0, 0.05) is 19.6 Å². The van der Waals surface area contributed by atoms with Gasteiger partial charge in [-0.2, -0.15) is 0 Å². The van der Waals surface area contributed by atoms with Crippen molar-refractivity contribution in [3.63, 3.8) is 0 Å². The number of amides is 3. The molecule has 3 amide bonds. The van der Waals surface area contributed by atoms with Crippen LogP contribution in [0, 0.1) is 11.8 Å². The van der Waals surface area contributed by atoms with Crippen molar-refractivity contribution < 1.29 is 38.4 Å². The molecule has 0 unspecified atom stereocenters. The Morgan fingerprint density at radius 1 is 0.655 bits per heavy atom. The summed E-state index contributed by atoms with van der Waals surface area (Å²) in [6.45, 7) is 18.3. The largest absolute Gasteiger partial charge is 0.508 e. The summed E-state index contributed by atoms with van der Waals surface area (Å²) in [5.74, 6) is 1.87. The number of piperidine rings is 2. The van der Waals surface area contributed by atoms with Crippen molar-refractivity contribution in [1.29, 1.82) is 0 Å². The van der Waals surface area contributed by atoms with Gasteiger partial charge in [-0.25, -0.2) is 14.4 Å². The summed E-state index contributed by atoms with van der Waals surface area (Å²) in [7, 11) is 0. The van der Waals surface area contributed by atoms with Gasteiger partial charge in [0.15, 0.2) is 0 Å². The van der Waals surface area contributed by atoms with E-state index in [0.29, 0.717) is 38.1 Å². The first-order valence-electron chi connectivity index (χ1n) is 20.9. The topological polar surface area (TPSA) is 118 Å². The molecule has 3 fully saturated rings. The Morgan fingerprint density at radius 3 is 1.76 bits per heavy atom. The van der Waals surface area contributed by atoms with Gasteiger partial charge in [0.2, 0.25) is 0 Å². The van der Waals surface area contributed by atoms with E-state index >= 15 is 0 Å². The lowest BCUT2D eigenvalue weighted by Gasteiger charge is -2.39. The molecule has 3 aliphatic heterocycles. The molecule has 3 heterocycles. The molecule has 0 spiro atoms. The molecule has 3 aromatic carbocycles. The number of hydrogen-bond acceptors (Lipinski definition) is 8. The highest BCUT2D eigenvalue weighted by atomic mass is 16.6. The molecule has 5 atom stereocenters. The summed E-state index contributed by atoms with van der Waals surface area (Å²) in [6.07, 6.45) is 4.86. The second kappa shape index (κ2) is 19.7.